The molecule has 2 aromatic rings. The molecule has 1 aliphatic heterocycles. The summed E-state index contributed by atoms with van der Waals surface area (Å²) in [5, 5.41) is 19.0. The second kappa shape index (κ2) is 13.4. The van der Waals surface area contributed by atoms with Crippen LogP contribution in [0.3, 0.4) is 0 Å². The molecule has 0 aromatic heterocycles. The molecule has 0 radical (unpaired) electrons. The van der Waals surface area contributed by atoms with Gasteiger partial charge >= 0.3 is 5.97 Å². The van der Waals surface area contributed by atoms with Crippen LogP contribution in [0.2, 0.25) is 0 Å². The SMILES string of the molecule is CCOC(=O)C1=C(C)NC(=S)N[C@H]1c1ccccc1OCC(=O)NN=Cc1ccc(OCC#N)c(Br)c1. The largest absolute Gasteiger partial charge is 0.483 e. The van der Waals surface area contributed by atoms with Gasteiger partial charge in [-0.15, -0.1) is 0 Å². The first-order valence-corrected chi connectivity index (χ1v) is 12.3. The van der Waals surface area contributed by atoms with Crippen molar-refractivity contribution in [3.8, 4) is 17.6 Å². The lowest BCUT2D eigenvalue weighted by Crippen LogP contribution is -2.45. The van der Waals surface area contributed by atoms with Gasteiger partial charge in [0.2, 0.25) is 0 Å². The van der Waals surface area contributed by atoms with Crippen molar-refractivity contribution in [3.63, 3.8) is 0 Å². The van der Waals surface area contributed by atoms with E-state index in [0.717, 1.165) is 0 Å². The van der Waals surface area contributed by atoms with E-state index in [4.69, 9.17) is 31.7 Å². The summed E-state index contributed by atoms with van der Waals surface area (Å²) in [7, 11) is 0. The fourth-order valence-corrected chi connectivity index (χ4v) is 4.22. The molecule has 2 aromatic carbocycles. The number of thiocarbonyl (C=S) groups is 1. The molecule has 1 aliphatic rings. The average molecular weight is 586 g/mol. The number of ether oxygens (including phenoxy) is 3. The summed E-state index contributed by atoms with van der Waals surface area (Å²) in [4.78, 5) is 25.0. The van der Waals surface area contributed by atoms with E-state index in [9.17, 15) is 9.59 Å². The molecule has 0 bridgehead atoms. The molecule has 0 spiro atoms. The summed E-state index contributed by atoms with van der Waals surface area (Å²) in [6, 6.07) is 13.5. The zero-order valence-electron chi connectivity index (χ0n) is 20.0. The maximum Gasteiger partial charge on any atom is 0.338 e. The highest BCUT2D eigenvalue weighted by Crippen LogP contribution is 2.33. The normalized spacial score (nSPS) is 14.9. The van der Waals surface area contributed by atoms with Gasteiger partial charge in [0.15, 0.2) is 18.3 Å². The number of rotatable bonds is 10. The number of nitrogens with zero attached hydrogens (tertiary/aromatic N) is 2. The summed E-state index contributed by atoms with van der Waals surface area (Å²) < 4.78 is 16.9. The molecular formula is C25H24BrN5O5S. The van der Waals surface area contributed by atoms with Crippen LogP contribution in [-0.4, -0.2) is 43.0 Å². The third kappa shape index (κ3) is 7.52. The number of nitrogens with one attached hydrogen (secondary N) is 3. The number of nitriles is 1. The summed E-state index contributed by atoms with van der Waals surface area (Å²) in [6.45, 7) is 3.32. The predicted octanol–water partition coefficient (Wildman–Crippen LogP) is 3.24. The molecule has 0 unspecified atom stereocenters. The van der Waals surface area contributed by atoms with Gasteiger partial charge in [-0.05, 0) is 71.8 Å². The number of amides is 1. The molecule has 0 saturated heterocycles. The maximum absolute atomic E-state index is 12.7. The van der Waals surface area contributed by atoms with Crippen LogP contribution in [-0.2, 0) is 14.3 Å². The number of halogens is 1. The van der Waals surface area contributed by atoms with Crippen molar-refractivity contribution in [1.29, 1.82) is 5.26 Å². The van der Waals surface area contributed by atoms with Crippen molar-refractivity contribution < 1.29 is 23.8 Å². The van der Waals surface area contributed by atoms with Gasteiger partial charge in [0.25, 0.3) is 5.91 Å². The number of hydrogen-bond acceptors (Lipinski definition) is 8. The van der Waals surface area contributed by atoms with E-state index < -0.39 is 17.9 Å². The smallest absolute Gasteiger partial charge is 0.338 e. The van der Waals surface area contributed by atoms with Gasteiger partial charge in [-0.25, -0.2) is 10.2 Å². The first-order valence-electron chi connectivity index (χ1n) is 11.1. The molecule has 12 heteroatoms. The molecule has 10 nitrogen and oxygen atoms in total. The molecule has 0 saturated carbocycles. The Labute approximate surface area is 227 Å². The summed E-state index contributed by atoms with van der Waals surface area (Å²) in [5.41, 5.74) is 4.68. The van der Waals surface area contributed by atoms with Crippen LogP contribution in [0.4, 0.5) is 0 Å². The number of esters is 1. The van der Waals surface area contributed by atoms with Crippen LogP contribution < -0.4 is 25.5 Å². The number of carbonyl (C=O) groups is 2. The van der Waals surface area contributed by atoms with E-state index >= 15 is 0 Å². The topological polar surface area (TPSA) is 134 Å². The van der Waals surface area contributed by atoms with Crippen molar-refractivity contribution in [2.75, 3.05) is 19.8 Å². The Morgan fingerprint density at radius 2 is 2.03 bits per heavy atom. The Bertz CT molecular complexity index is 1290. The zero-order valence-corrected chi connectivity index (χ0v) is 22.4. The van der Waals surface area contributed by atoms with Gasteiger partial charge < -0.3 is 24.8 Å². The quantitative estimate of drug-likeness (QED) is 0.166. The predicted molar refractivity (Wildman–Crippen MR) is 144 cm³/mol. The molecule has 1 amide bonds. The van der Waals surface area contributed by atoms with Crippen LogP contribution in [0.25, 0.3) is 0 Å². The molecule has 37 heavy (non-hydrogen) atoms. The lowest BCUT2D eigenvalue weighted by molar-refractivity contribution is -0.139. The minimum absolute atomic E-state index is 0.0639. The van der Waals surface area contributed by atoms with Crippen LogP contribution in [0.1, 0.15) is 31.0 Å². The molecule has 0 fully saturated rings. The van der Waals surface area contributed by atoms with E-state index in [1.807, 2.05) is 6.07 Å². The molecule has 1 atom stereocenters. The molecule has 0 aliphatic carbocycles. The minimum Gasteiger partial charge on any atom is -0.483 e. The maximum atomic E-state index is 12.7. The summed E-state index contributed by atoms with van der Waals surface area (Å²) in [5.74, 6) is -0.0406. The van der Waals surface area contributed by atoms with E-state index in [-0.39, 0.29) is 19.8 Å². The van der Waals surface area contributed by atoms with Crippen LogP contribution in [0.5, 0.6) is 11.5 Å². The number of benzene rings is 2. The van der Waals surface area contributed by atoms with Gasteiger partial charge in [-0.2, -0.15) is 10.4 Å². The Morgan fingerprint density at radius 3 is 2.76 bits per heavy atom. The van der Waals surface area contributed by atoms with E-state index in [1.165, 1.54) is 6.21 Å². The Hall–Kier alpha value is -3.95. The van der Waals surface area contributed by atoms with Gasteiger partial charge in [-0.1, -0.05) is 18.2 Å². The zero-order chi connectivity index (χ0) is 26.8. The summed E-state index contributed by atoms with van der Waals surface area (Å²) in [6.07, 6.45) is 1.46. The first-order chi connectivity index (χ1) is 17.8. The minimum atomic E-state index is -0.622. The first kappa shape index (κ1) is 27.6. The Balaban J connectivity index is 1.66. The fraction of sp³-hybridized carbons (Fsp3) is 0.240. The standard InChI is InChI=1S/C25H24BrN5O5S/c1-3-34-24(33)22-15(2)29-25(37)30-23(22)17-6-4-5-7-19(17)36-14-21(32)31-28-13-16-8-9-20(18(26)12-16)35-11-10-27/h4-9,12-13,23H,3,11,14H2,1-2H3,(H,31,32)(H2,29,30,37)/t23-/m0/s1. The van der Waals surface area contributed by atoms with Crippen molar-refractivity contribution in [1.82, 2.24) is 16.1 Å². The highest BCUT2D eigenvalue weighted by molar-refractivity contribution is 9.10. The second-order valence-corrected chi connectivity index (χ2v) is 8.81. The average Bonchev–Trinajstić information content (AvgIpc) is 2.87. The number of hydrogen-bond donors (Lipinski definition) is 3. The monoisotopic (exact) mass is 585 g/mol. The second-order valence-electron chi connectivity index (χ2n) is 7.55. The number of allylic oxidation sites excluding steroid dienone is 1. The van der Waals surface area contributed by atoms with Gasteiger partial charge in [0.1, 0.15) is 17.6 Å². The van der Waals surface area contributed by atoms with E-state index in [0.29, 0.717) is 43.5 Å². The van der Waals surface area contributed by atoms with Crippen molar-refractivity contribution in [2.45, 2.75) is 19.9 Å². The molecule has 3 rings (SSSR count). The lowest BCUT2D eigenvalue weighted by Gasteiger charge is -2.30. The number of carbonyl (C=O) groups excluding carboxylic acids is 2. The van der Waals surface area contributed by atoms with Gasteiger partial charge in [0.05, 0.1) is 28.9 Å². The lowest BCUT2D eigenvalue weighted by atomic mass is 9.95. The van der Waals surface area contributed by atoms with Crippen LogP contribution in [0.15, 0.2) is 63.3 Å². The highest BCUT2D eigenvalue weighted by atomic mass is 79.9. The molecule has 3 N–H and O–H groups in total. The van der Waals surface area contributed by atoms with Crippen molar-refractivity contribution >= 4 is 51.4 Å². The van der Waals surface area contributed by atoms with Crippen molar-refractivity contribution in [3.05, 3.63) is 69.3 Å². The molecule has 192 valence electrons. The fourth-order valence-electron chi connectivity index (χ4n) is 3.44. The van der Waals surface area contributed by atoms with E-state index in [2.05, 4.69) is 37.1 Å². The van der Waals surface area contributed by atoms with Crippen molar-refractivity contribution in [2.24, 2.45) is 5.10 Å². The third-order valence-electron chi connectivity index (χ3n) is 5.00. The Morgan fingerprint density at radius 1 is 1.24 bits per heavy atom. The summed E-state index contributed by atoms with van der Waals surface area (Å²) >= 11 is 8.65. The molecular weight excluding hydrogens is 562 g/mol. The van der Waals surface area contributed by atoms with Crippen LogP contribution in [0, 0.1) is 11.3 Å². The highest BCUT2D eigenvalue weighted by Gasteiger charge is 2.32. The van der Waals surface area contributed by atoms with E-state index in [1.54, 1.807) is 56.3 Å². The van der Waals surface area contributed by atoms with Gasteiger partial charge in [0, 0.05) is 11.3 Å². The molecule has 1 heterocycles. The third-order valence-corrected chi connectivity index (χ3v) is 5.84. The number of hydrazone groups is 1. The van der Waals surface area contributed by atoms with Crippen LogP contribution >= 0.6 is 28.1 Å². The van der Waals surface area contributed by atoms with Gasteiger partial charge in [-0.3, -0.25) is 4.79 Å². The number of para-hydroxylation sites is 1. The Kier molecular flexibility index (Phi) is 10.00.